The molecule has 0 aliphatic carbocycles. The molecular formula is C16H26N2O2S. The third kappa shape index (κ3) is 4.53. The molecule has 1 aromatic rings. The Balaban J connectivity index is 1.75. The maximum atomic E-state index is 11.8. The van der Waals surface area contributed by atoms with Crippen LogP contribution in [0.4, 0.5) is 0 Å². The molecule has 5 heteroatoms. The molecule has 2 N–H and O–H groups in total. The molecule has 0 bridgehead atoms. The van der Waals surface area contributed by atoms with E-state index in [2.05, 4.69) is 28.6 Å². The molecule has 1 aliphatic heterocycles. The Labute approximate surface area is 131 Å². The molecule has 0 saturated heterocycles. The quantitative estimate of drug-likeness (QED) is 0.845. The maximum absolute atomic E-state index is 11.8. The van der Waals surface area contributed by atoms with Gasteiger partial charge in [0.1, 0.15) is 0 Å². The monoisotopic (exact) mass is 310 g/mol. The number of amides is 1. The van der Waals surface area contributed by atoms with E-state index in [-0.39, 0.29) is 18.2 Å². The zero-order valence-electron chi connectivity index (χ0n) is 13.1. The van der Waals surface area contributed by atoms with Gasteiger partial charge in [-0.1, -0.05) is 13.8 Å². The molecule has 0 spiro atoms. The summed E-state index contributed by atoms with van der Waals surface area (Å²) >= 11 is 1.84. The standard InChI is InChI=1S/C16H26N2O2S/c1-11(2)14(19)8-16(20)17-9-12(3)18-6-4-15-13(10-18)5-7-21-15/h5,7,11-12,14,19H,4,6,8-10H2,1-3H3,(H,17,20). The van der Waals surface area contributed by atoms with Crippen LogP contribution in [0.5, 0.6) is 0 Å². The zero-order valence-corrected chi connectivity index (χ0v) is 13.9. The van der Waals surface area contributed by atoms with Crippen molar-refractivity contribution in [1.29, 1.82) is 0 Å². The Morgan fingerprint density at radius 3 is 2.95 bits per heavy atom. The Bertz CT molecular complexity index is 473. The molecule has 1 aliphatic rings. The van der Waals surface area contributed by atoms with Crippen molar-refractivity contribution < 1.29 is 9.90 Å². The summed E-state index contributed by atoms with van der Waals surface area (Å²) in [4.78, 5) is 15.7. The minimum Gasteiger partial charge on any atom is -0.392 e. The van der Waals surface area contributed by atoms with E-state index in [4.69, 9.17) is 0 Å². The number of rotatable bonds is 6. The Hall–Kier alpha value is -0.910. The fourth-order valence-electron chi connectivity index (χ4n) is 2.53. The van der Waals surface area contributed by atoms with Crippen LogP contribution < -0.4 is 5.32 Å². The molecule has 21 heavy (non-hydrogen) atoms. The normalized spacial score (nSPS) is 18.3. The highest BCUT2D eigenvalue weighted by atomic mass is 32.1. The van der Waals surface area contributed by atoms with Crippen molar-refractivity contribution in [3.05, 3.63) is 21.9 Å². The predicted molar refractivity (Wildman–Crippen MR) is 86.4 cm³/mol. The van der Waals surface area contributed by atoms with E-state index in [0.29, 0.717) is 12.6 Å². The summed E-state index contributed by atoms with van der Waals surface area (Å²) in [5, 5.41) is 14.8. The number of hydrogen-bond donors (Lipinski definition) is 2. The number of carbonyl (C=O) groups is 1. The van der Waals surface area contributed by atoms with Gasteiger partial charge < -0.3 is 10.4 Å². The minimum atomic E-state index is -0.552. The Morgan fingerprint density at radius 1 is 1.48 bits per heavy atom. The second-order valence-corrected chi connectivity index (χ2v) is 7.26. The summed E-state index contributed by atoms with van der Waals surface area (Å²) in [6.45, 7) is 8.67. The van der Waals surface area contributed by atoms with Crippen LogP contribution in [0.1, 0.15) is 37.6 Å². The lowest BCUT2D eigenvalue weighted by atomic mass is 10.0. The number of thiophene rings is 1. The van der Waals surface area contributed by atoms with Crippen molar-refractivity contribution in [1.82, 2.24) is 10.2 Å². The summed E-state index contributed by atoms with van der Waals surface area (Å²) < 4.78 is 0. The lowest BCUT2D eigenvalue weighted by Crippen LogP contribution is -2.44. The zero-order chi connectivity index (χ0) is 15.4. The van der Waals surface area contributed by atoms with Gasteiger partial charge in [-0.3, -0.25) is 9.69 Å². The summed E-state index contributed by atoms with van der Waals surface area (Å²) in [5.41, 5.74) is 1.43. The van der Waals surface area contributed by atoms with Gasteiger partial charge in [0, 0.05) is 30.6 Å². The van der Waals surface area contributed by atoms with Crippen LogP contribution in [-0.2, 0) is 17.8 Å². The molecule has 0 fully saturated rings. The molecule has 0 saturated carbocycles. The minimum absolute atomic E-state index is 0.0590. The number of nitrogens with one attached hydrogen (secondary N) is 1. The van der Waals surface area contributed by atoms with E-state index in [0.717, 1.165) is 19.5 Å². The topological polar surface area (TPSA) is 52.6 Å². The number of fused-ring (bicyclic) bond motifs is 1. The molecule has 2 atom stereocenters. The fourth-order valence-corrected chi connectivity index (χ4v) is 3.42. The highest BCUT2D eigenvalue weighted by Crippen LogP contribution is 2.24. The average Bonchev–Trinajstić information content (AvgIpc) is 2.91. The van der Waals surface area contributed by atoms with Gasteiger partial charge in [-0.25, -0.2) is 0 Å². The highest BCUT2D eigenvalue weighted by Gasteiger charge is 2.22. The first-order valence-electron chi connectivity index (χ1n) is 7.71. The van der Waals surface area contributed by atoms with Crippen molar-refractivity contribution in [2.24, 2.45) is 5.92 Å². The summed E-state index contributed by atoms with van der Waals surface area (Å²) in [6, 6.07) is 2.52. The number of carbonyl (C=O) groups excluding carboxylic acids is 1. The molecular weight excluding hydrogens is 284 g/mol. The van der Waals surface area contributed by atoms with Crippen molar-refractivity contribution in [3.63, 3.8) is 0 Å². The van der Waals surface area contributed by atoms with E-state index >= 15 is 0 Å². The van der Waals surface area contributed by atoms with Crippen LogP contribution >= 0.6 is 11.3 Å². The molecule has 1 aromatic heterocycles. The Morgan fingerprint density at radius 2 is 2.24 bits per heavy atom. The number of aliphatic hydroxyl groups is 1. The first-order chi connectivity index (χ1) is 9.97. The number of hydrogen-bond acceptors (Lipinski definition) is 4. The van der Waals surface area contributed by atoms with E-state index in [9.17, 15) is 9.90 Å². The van der Waals surface area contributed by atoms with Gasteiger partial charge in [-0.2, -0.15) is 0 Å². The highest BCUT2D eigenvalue weighted by molar-refractivity contribution is 7.10. The van der Waals surface area contributed by atoms with Gasteiger partial charge in [0.25, 0.3) is 0 Å². The van der Waals surface area contributed by atoms with Gasteiger partial charge in [0.15, 0.2) is 0 Å². The predicted octanol–water partition coefficient (Wildman–Crippen LogP) is 2.02. The Kier molecular flexibility index (Phi) is 5.79. The summed E-state index contributed by atoms with van der Waals surface area (Å²) in [6.07, 6.45) is 0.750. The van der Waals surface area contributed by atoms with Crippen LogP contribution in [0.15, 0.2) is 11.4 Å². The van der Waals surface area contributed by atoms with Crippen molar-refractivity contribution in [2.45, 2.75) is 52.3 Å². The van der Waals surface area contributed by atoms with Crippen LogP contribution in [0.25, 0.3) is 0 Å². The molecule has 1 amide bonds. The average molecular weight is 310 g/mol. The summed E-state index contributed by atoms with van der Waals surface area (Å²) in [5.74, 6) is 0.0589. The van der Waals surface area contributed by atoms with Gasteiger partial charge in [-0.05, 0) is 36.3 Å². The van der Waals surface area contributed by atoms with E-state index in [1.54, 1.807) is 0 Å². The molecule has 2 unspecified atom stereocenters. The molecule has 0 aromatic carbocycles. The third-order valence-corrected chi connectivity index (χ3v) is 5.24. The van der Waals surface area contributed by atoms with Crippen LogP contribution in [0, 0.1) is 5.92 Å². The second kappa shape index (κ2) is 7.38. The smallest absolute Gasteiger partial charge is 0.222 e. The van der Waals surface area contributed by atoms with E-state index < -0.39 is 6.10 Å². The first kappa shape index (κ1) is 16.5. The largest absolute Gasteiger partial charge is 0.392 e. The van der Waals surface area contributed by atoms with Crippen molar-refractivity contribution in [3.8, 4) is 0 Å². The summed E-state index contributed by atoms with van der Waals surface area (Å²) in [7, 11) is 0. The SMILES string of the molecule is CC(C)C(O)CC(=O)NCC(C)N1CCc2sccc2C1. The first-order valence-corrected chi connectivity index (χ1v) is 8.59. The van der Waals surface area contributed by atoms with Crippen LogP contribution in [-0.4, -0.2) is 41.1 Å². The lowest BCUT2D eigenvalue weighted by molar-refractivity contribution is -0.123. The van der Waals surface area contributed by atoms with Gasteiger partial charge in [0.2, 0.25) is 5.91 Å². The van der Waals surface area contributed by atoms with Crippen LogP contribution in [0.3, 0.4) is 0 Å². The molecule has 4 nitrogen and oxygen atoms in total. The van der Waals surface area contributed by atoms with Crippen molar-refractivity contribution in [2.75, 3.05) is 13.1 Å². The van der Waals surface area contributed by atoms with Gasteiger partial charge >= 0.3 is 0 Å². The molecule has 0 radical (unpaired) electrons. The fraction of sp³-hybridized carbons (Fsp3) is 0.688. The molecule has 118 valence electrons. The molecule has 2 rings (SSSR count). The second-order valence-electron chi connectivity index (χ2n) is 6.26. The van der Waals surface area contributed by atoms with E-state index in [1.807, 2.05) is 25.2 Å². The van der Waals surface area contributed by atoms with Gasteiger partial charge in [-0.15, -0.1) is 11.3 Å². The van der Waals surface area contributed by atoms with E-state index in [1.165, 1.54) is 10.4 Å². The third-order valence-electron chi connectivity index (χ3n) is 4.22. The van der Waals surface area contributed by atoms with Crippen molar-refractivity contribution >= 4 is 17.2 Å². The van der Waals surface area contributed by atoms with Gasteiger partial charge in [0.05, 0.1) is 12.5 Å². The number of aliphatic hydroxyl groups excluding tert-OH is 1. The lowest BCUT2D eigenvalue weighted by Gasteiger charge is -2.32. The maximum Gasteiger partial charge on any atom is 0.222 e. The number of nitrogens with zero attached hydrogens (tertiary/aromatic N) is 1. The molecule has 2 heterocycles. The van der Waals surface area contributed by atoms with Crippen LogP contribution in [0.2, 0.25) is 0 Å².